The van der Waals surface area contributed by atoms with Gasteiger partial charge in [-0.05, 0) is 17.7 Å². The minimum atomic E-state index is -0.0334. The van der Waals surface area contributed by atoms with E-state index in [2.05, 4.69) is 25.8 Å². The standard InChI is InChI=1S/C15H17NO/c1-15(2,3)13-10-9-12(14(17)16-13)11-7-5-4-6-8-11/h4-10H,1-3H3,(H,16,17). The molecule has 2 heteroatoms. The second kappa shape index (κ2) is 4.21. The van der Waals surface area contributed by atoms with Crippen LogP contribution in [0, 0.1) is 0 Å². The first-order valence-corrected chi connectivity index (χ1v) is 5.78. The molecule has 0 saturated carbocycles. The van der Waals surface area contributed by atoms with E-state index < -0.39 is 0 Å². The molecule has 1 aromatic heterocycles. The van der Waals surface area contributed by atoms with Gasteiger partial charge in [-0.15, -0.1) is 0 Å². The highest BCUT2D eigenvalue weighted by atomic mass is 16.1. The molecule has 1 heterocycles. The summed E-state index contributed by atoms with van der Waals surface area (Å²) in [6.07, 6.45) is 0. The second-order valence-corrected chi connectivity index (χ2v) is 5.23. The lowest BCUT2D eigenvalue weighted by Crippen LogP contribution is -2.20. The van der Waals surface area contributed by atoms with E-state index in [4.69, 9.17) is 0 Å². The molecule has 0 unspecified atom stereocenters. The first kappa shape index (κ1) is 11.6. The average Bonchev–Trinajstić information content (AvgIpc) is 2.29. The fourth-order valence-corrected chi connectivity index (χ4v) is 1.76. The van der Waals surface area contributed by atoms with Gasteiger partial charge in [-0.3, -0.25) is 4.79 Å². The molecule has 0 fully saturated rings. The normalized spacial score (nSPS) is 11.5. The fourth-order valence-electron chi connectivity index (χ4n) is 1.76. The van der Waals surface area contributed by atoms with Gasteiger partial charge >= 0.3 is 0 Å². The Bertz CT molecular complexity index is 561. The topological polar surface area (TPSA) is 32.9 Å². The maximum Gasteiger partial charge on any atom is 0.256 e. The third-order valence-electron chi connectivity index (χ3n) is 2.80. The maximum absolute atomic E-state index is 12.0. The maximum atomic E-state index is 12.0. The molecule has 0 radical (unpaired) electrons. The monoisotopic (exact) mass is 227 g/mol. The third-order valence-corrected chi connectivity index (χ3v) is 2.80. The predicted octanol–water partition coefficient (Wildman–Crippen LogP) is 3.34. The van der Waals surface area contributed by atoms with Crippen LogP contribution in [-0.2, 0) is 5.41 Å². The minimum Gasteiger partial charge on any atom is -0.325 e. The lowest BCUT2D eigenvalue weighted by atomic mass is 9.91. The van der Waals surface area contributed by atoms with Crippen LogP contribution < -0.4 is 5.56 Å². The molecule has 0 atom stereocenters. The fraction of sp³-hybridized carbons (Fsp3) is 0.267. The van der Waals surface area contributed by atoms with Gasteiger partial charge in [0.25, 0.3) is 5.56 Å². The van der Waals surface area contributed by atoms with E-state index >= 15 is 0 Å². The quantitative estimate of drug-likeness (QED) is 0.796. The minimum absolute atomic E-state index is 0.0244. The molecule has 88 valence electrons. The zero-order valence-electron chi connectivity index (χ0n) is 10.4. The molecule has 2 nitrogen and oxygen atoms in total. The summed E-state index contributed by atoms with van der Waals surface area (Å²) in [4.78, 5) is 15.0. The van der Waals surface area contributed by atoms with Gasteiger partial charge in [0.2, 0.25) is 0 Å². The van der Waals surface area contributed by atoms with Gasteiger partial charge in [0.15, 0.2) is 0 Å². The number of aromatic amines is 1. The van der Waals surface area contributed by atoms with Crippen LogP contribution in [-0.4, -0.2) is 4.98 Å². The molecule has 0 spiro atoms. The van der Waals surface area contributed by atoms with Gasteiger partial charge in [0, 0.05) is 16.7 Å². The van der Waals surface area contributed by atoms with E-state index in [9.17, 15) is 4.79 Å². The molecule has 0 aliphatic heterocycles. The van der Waals surface area contributed by atoms with Crippen molar-refractivity contribution in [3.8, 4) is 11.1 Å². The van der Waals surface area contributed by atoms with Crippen molar-refractivity contribution in [1.82, 2.24) is 4.98 Å². The van der Waals surface area contributed by atoms with E-state index in [1.165, 1.54) is 0 Å². The molecule has 1 N–H and O–H groups in total. The van der Waals surface area contributed by atoms with Crippen LogP contribution in [0.3, 0.4) is 0 Å². The van der Waals surface area contributed by atoms with Crippen molar-refractivity contribution in [2.75, 3.05) is 0 Å². The van der Waals surface area contributed by atoms with Gasteiger partial charge in [0.1, 0.15) is 0 Å². The van der Waals surface area contributed by atoms with E-state index in [0.29, 0.717) is 0 Å². The van der Waals surface area contributed by atoms with E-state index in [1.54, 1.807) is 0 Å². The van der Waals surface area contributed by atoms with Crippen molar-refractivity contribution < 1.29 is 0 Å². The Morgan fingerprint density at radius 3 is 2.12 bits per heavy atom. The number of hydrogen-bond donors (Lipinski definition) is 1. The highest BCUT2D eigenvalue weighted by Gasteiger charge is 2.15. The summed E-state index contributed by atoms with van der Waals surface area (Å²) in [5, 5.41) is 0. The zero-order chi connectivity index (χ0) is 12.5. The Kier molecular flexibility index (Phi) is 2.88. The Morgan fingerprint density at radius 1 is 0.941 bits per heavy atom. The molecule has 1 aromatic carbocycles. The van der Waals surface area contributed by atoms with Gasteiger partial charge in [0.05, 0.1) is 0 Å². The Balaban J connectivity index is 2.51. The van der Waals surface area contributed by atoms with Crippen LogP contribution in [0.4, 0.5) is 0 Å². The Morgan fingerprint density at radius 2 is 1.59 bits per heavy atom. The lowest BCUT2D eigenvalue weighted by Gasteiger charge is -2.18. The van der Waals surface area contributed by atoms with Crippen molar-refractivity contribution in [3.63, 3.8) is 0 Å². The Hall–Kier alpha value is -1.83. The SMILES string of the molecule is CC(C)(C)c1ccc(-c2ccccc2)c(=O)[nH]1. The average molecular weight is 227 g/mol. The summed E-state index contributed by atoms with van der Waals surface area (Å²) >= 11 is 0. The summed E-state index contributed by atoms with van der Waals surface area (Å²) in [6.45, 7) is 6.25. The molecule has 0 aliphatic rings. The summed E-state index contributed by atoms with van der Waals surface area (Å²) < 4.78 is 0. The first-order chi connectivity index (χ1) is 7.98. The predicted molar refractivity (Wildman–Crippen MR) is 71.2 cm³/mol. The van der Waals surface area contributed by atoms with Gasteiger partial charge in [-0.2, -0.15) is 0 Å². The molecule has 2 aromatic rings. The van der Waals surface area contributed by atoms with Crippen molar-refractivity contribution >= 4 is 0 Å². The highest BCUT2D eigenvalue weighted by molar-refractivity contribution is 5.62. The van der Waals surface area contributed by atoms with Crippen LogP contribution in [0.2, 0.25) is 0 Å². The smallest absolute Gasteiger partial charge is 0.256 e. The van der Waals surface area contributed by atoms with Crippen LogP contribution in [0.1, 0.15) is 26.5 Å². The van der Waals surface area contributed by atoms with Crippen molar-refractivity contribution in [1.29, 1.82) is 0 Å². The first-order valence-electron chi connectivity index (χ1n) is 5.78. The van der Waals surface area contributed by atoms with Gasteiger partial charge < -0.3 is 4.98 Å². The van der Waals surface area contributed by atoms with Crippen molar-refractivity contribution in [3.05, 3.63) is 58.5 Å². The number of nitrogens with one attached hydrogen (secondary N) is 1. The van der Waals surface area contributed by atoms with Crippen LogP contribution in [0.25, 0.3) is 11.1 Å². The second-order valence-electron chi connectivity index (χ2n) is 5.23. The van der Waals surface area contributed by atoms with E-state index in [-0.39, 0.29) is 11.0 Å². The van der Waals surface area contributed by atoms with Gasteiger partial charge in [-0.1, -0.05) is 51.1 Å². The summed E-state index contributed by atoms with van der Waals surface area (Å²) in [5.41, 5.74) is 2.58. The molecule has 0 bridgehead atoms. The van der Waals surface area contributed by atoms with Crippen LogP contribution in [0.15, 0.2) is 47.3 Å². The molecule has 2 rings (SSSR count). The Labute approximate surface area is 101 Å². The molecule has 0 saturated heterocycles. The molecular weight excluding hydrogens is 210 g/mol. The number of aromatic nitrogens is 1. The number of H-pyrrole nitrogens is 1. The van der Waals surface area contributed by atoms with Gasteiger partial charge in [-0.25, -0.2) is 0 Å². The summed E-state index contributed by atoms with van der Waals surface area (Å²) in [5.74, 6) is 0. The number of hydrogen-bond acceptors (Lipinski definition) is 1. The summed E-state index contributed by atoms with van der Waals surface area (Å²) in [6, 6.07) is 13.6. The molecular formula is C15H17NO. The largest absolute Gasteiger partial charge is 0.325 e. The highest BCUT2D eigenvalue weighted by Crippen LogP contribution is 2.21. The molecule has 17 heavy (non-hydrogen) atoms. The zero-order valence-corrected chi connectivity index (χ0v) is 10.4. The summed E-state index contributed by atoms with van der Waals surface area (Å²) in [7, 11) is 0. The number of benzene rings is 1. The number of rotatable bonds is 1. The van der Waals surface area contributed by atoms with Crippen LogP contribution >= 0.6 is 0 Å². The van der Waals surface area contributed by atoms with Crippen molar-refractivity contribution in [2.24, 2.45) is 0 Å². The van der Waals surface area contributed by atoms with Crippen LogP contribution in [0.5, 0.6) is 0 Å². The third kappa shape index (κ3) is 2.47. The number of pyridine rings is 1. The molecule has 0 aliphatic carbocycles. The van der Waals surface area contributed by atoms with Crippen molar-refractivity contribution in [2.45, 2.75) is 26.2 Å². The van der Waals surface area contributed by atoms with E-state index in [1.807, 2.05) is 42.5 Å². The molecule has 0 amide bonds. The van der Waals surface area contributed by atoms with E-state index in [0.717, 1.165) is 16.8 Å². The lowest BCUT2D eigenvalue weighted by molar-refractivity contribution is 0.567.